The molecule has 1 aliphatic rings. The Morgan fingerprint density at radius 3 is 2.40 bits per heavy atom. The second-order valence-corrected chi connectivity index (χ2v) is 4.97. The molecule has 108 valence electrons. The fourth-order valence-electron chi connectivity index (χ4n) is 2.32. The van der Waals surface area contributed by atoms with Crippen molar-refractivity contribution >= 4 is 17.6 Å². The van der Waals surface area contributed by atoms with Gasteiger partial charge in [-0.15, -0.1) is 0 Å². The van der Waals surface area contributed by atoms with Gasteiger partial charge in [-0.1, -0.05) is 12.1 Å². The molecular formula is C14H15F2NO3. The molecule has 0 spiro atoms. The summed E-state index contributed by atoms with van der Waals surface area (Å²) in [4.78, 5) is 23.0. The minimum Gasteiger partial charge on any atom is -0.478 e. The highest BCUT2D eigenvalue weighted by Gasteiger charge is 2.37. The molecule has 1 aliphatic carbocycles. The number of carboxylic acid groups (broad SMARTS) is 1. The van der Waals surface area contributed by atoms with Gasteiger partial charge in [0.2, 0.25) is 11.8 Å². The lowest BCUT2D eigenvalue weighted by atomic mass is 9.86. The molecule has 0 heterocycles. The highest BCUT2D eigenvalue weighted by atomic mass is 19.3. The summed E-state index contributed by atoms with van der Waals surface area (Å²) in [7, 11) is 0. The van der Waals surface area contributed by atoms with E-state index in [4.69, 9.17) is 5.11 Å². The number of alkyl halides is 2. The Bertz CT molecular complexity index is 521. The van der Waals surface area contributed by atoms with Crippen molar-refractivity contribution in [3.63, 3.8) is 0 Å². The van der Waals surface area contributed by atoms with E-state index in [0.717, 1.165) is 0 Å². The first-order chi connectivity index (χ1) is 9.39. The maximum absolute atomic E-state index is 13.0. The molecule has 1 aromatic carbocycles. The molecule has 0 atom stereocenters. The number of benzene rings is 1. The van der Waals surface area contributed by atoms with E-state index in [1.54, 1.807) is 12.1 Å². The van der Waals surface area contributed by atoms with Gasteiger partial charge in [0.1, 0.15) is 0 Å². The van der Waals surface area contributed by atoms with Crippen LogP contribution in [0.3, 0.4) is 0 Å². The van der Waals surface area contributed by atoms with Gasteiger partial charge in [-0.05, 0) is 25.0 Å². The third-order valence-corrected chi connectivity index (χ3v) is 3.50. The summed E-state index contributed by atoms with van der Waals surface area (Å²) >= 11 is 0. The molecule has 0 aliphatic heterocycles. The molecule has 1 amide bonds. The maximum Gasteiger partial charge on any atom is 0.337 e. The Hall–Kier alpha value is -1.98. The van der Waals surface area contributed by atoms with Crippen LogP contribution >= 0.6 is 0 Å². The van der Waals surface area contributed by atoms with Crippen LogP contribution in [-0.4, -0.2) is 22.9 Å². The second-order valence-electron chi connectivity index (χ2n) is 4.97. The summed E-state index contributed by atoms with van der Waals surface area (Å²) in [5, 5.41) is 11.5. The first-order valence-corrected chi connectivity index (χ1v) is 6.40. The summed E-state index contributed by atoms with van der Waals surface area (Å²) < 4.78 is 26.1. The van der Waals surface area contributed by atoms with Crippen LogP contribution in [0.4, 0.5) is 14.5 Å². The Kier molecular flexibility index (Phi) is 4.01. The van der Waals surface area contributed by atoms with Gasteiger partial charge in [0.25, 0.3) is 0 Å². The number of carbonyl (C=O) groups excluding carboxylic acids is 1. The van der Waals surface area contributed by atoms with E-state index in [-0.39, 0.29) is 36.9 Å². The monoisotopic (exact) mass is 283 g/mol. The van der Waals surface area contributed by atoms with E-state index >= 15 is 0 Å². The smallest absolute Gasteiger partial charge is 0.337 e. The average Bonchev–Trinajstić information content (AvgIpc) is 2.38. The number of carbonyl (C=O) groups is 2. The number of para-hydroxylation sites is 1. The average molecular weight is 283 g/mol. The molecule has 0 radical (unpaired) electrons. The summed E-state index contributed by atoms with van der Waals surface area (Å²) in [6, 6.07) is 6.03. The number of anilines is 1. The van der Waals surface area contributed by atoms with Crippen molar-refractivity contribution in [2.45, 2.75) is 31.6 Å². The zero-order chi connectivity index (χ0) is 14.8. The topological polar surface area (TPSA) is 66.4 Å². The van der Waals surface area contributed by atoms with Gasteiger partial charge >= 0.3 is 5.97 Å². The Balaban J connectivity index is 2.04. The molecule has 1 saturated carbocycles. The van der Waals surface area contributed by atoms with Crippen molar-refractivity contribution in [1.29, 1.82) is 0 Å². The fourth-order valence-corrected chi connectivity index (χ4v) is 2.32. The quantitative estimate of drug-likeness (QED) is 0.895. The zero-order valence-electron chi connectivity index (χ0n) is 10.7. The van der Waals surface area contributed by atoms with Gasteiger partial charge in [-0.25, -0.2) is 13.6 Å². The van der Waals surface area contributed by atoms with Crippen LogP contribution in [0, 0.1) is 5.92 Å². The van der Waals surface area contributed by atoms with Gasteiger partial charge in [0.15, 0.2) is 0 Å². The third kappa shape index (κ3) is 3.31. The van der Waals surface area contributed by atoms with Gasteiger partial charge in [0.05, 0.1) is 11.3 Å². The predicted molar refractivity (Wildman–Crippen MR) is 68.9 cm³/mol. The predicted octanol–water partition coefficient (Wildman–Crippen LogP) is 3.15. The molecule has 2 rings (SSSR count). The zero-order valence-corrected chi connectivity index (χ0v) is 10.7. The third-order valence-electron chi connectivity index (χ3n) is 3.50. The highest BCUT2D eigenvalue weighted by Crippen LogP contribution is 2.36. The number of amides is 1. The molecule has 0 saturated heterocycles. The Morgan fingerprint density at radius 2 is 1.80 bits per heavy atom. The van der Waals surface area contributed by atoms with Gasteiger partial charge < -0.3 is 10.4 Å². The maximum atomic E-state index is 13.0. The lowest BCUT2D eigenvalue weighted by Crippen LogP contribution is -2.32. The van der Waals surface area contributed by atoms with Crippen molar-refractivity contribution in [3.05, 3.63) is 29.8 Å². The SMILES string of the molecule is O=C(O)c1ccccc1NC(=O)C1CCC(F)(F)CC1. The Labute approximate surface area is 114 Å². The van der Waals surface area contributed by atoms with Crippen molar-refractivity contribution in [2.75, 3.05) is 5.32 Å². The van der Waals surface area contributed by atoms with E-state index in [0.29, 0.717) is 0 Å². The van der Waals surface area contributed by atoms with Crippen LogP contribution < -0.4 is 5.32 Å². The normalized spacial score (nSPS) is 18.5. The number of rotatable bonds is 3. The van der Waals surface area contributed by atoms with Crippen LogP contribution in [0.25, 0.3) is 0 Å². The van der Waals surface area contributed by atoms with Crippen LogP contribution in [-0.2, 0) is 4.79 Å². The molecular weight excluding hydrogens is 268 g/mol. The van der Waals surface area contributed by atoms with Gasteiger partial charge in [-0.3, -0.25) is 4.79 Å². The summed E-state index contributed by atoms with van der Waals surface area (Å²) in [6.45, 7) is 0. The van der Waals surface area contributed by atoms with Crippen molar-refractivity contribution < 1.29 is 23.5 Å². The second kappa shape index (κ2) is 5.56. The molecule has 6 heteroatoms. The summed E-state index contributed by atoms with van der Waals surface area (Å²) in [6.07, 6.45) is -0.362. The largest absolute Gasteiger partial charge is 0.478 e. The summed E-state index contributed by atoms with van der Waals surface area (Å²) in [5.74, 6) is -4.71. The van der Waals surface area contributed by atoms with Crippen molar-refractivity contribution in [3.8, 4) is 0 Å². The molecule has 1 fully saturated rings. The highest BCUT2D eigenvalue weighted by molar-refractivity contribution is 6.01. The minimum absolute atomic E-state index is 0.0120. The number of hydrogen-bond acceptors (Lipinski definition) is 2. The molecule has 0 bridgehead atoms. The molecule has 4 nitrogen and oxygen atoms in total. The lowest BCUT2D eigenvalue weighted by Gasteiger charge is -2.27. The van der Waals surface area contributed by atoms with E-state index < -0.39 is 23.7 Å². The van der Waals surface area contributed by atoms with E-state index in [1.807, 2.05) is 0 Å². The standard InChI is InChI=1S/C14H15F2NO3/c15-14(16)7-5-9(6-8-14)12(18)17-11-4-2-1-3-10(11)13(19)20/h1-4,9H,5-8H2,(H,17,18)(H,19,20). The molecule has 2 N–H and O–H groups in total. The summed E-state index contributed by atoms with van der Waals surface area (Å²) in [5.41, 5.74) is 0.185. The fraction of sp³-hybridized carbons (Fsp3) is 0.429. The molecule has 1 aromatic rings. The van der Waals surface area contributed by atoms with E-state index in [9.17, 15) is 18.4 Å². The van der Waals surface area contributed by atoms with Gasteiger partial charge in [0, 0.05) is 18.8 Å². The van der Waals surface area contributed by atoms with Crippen LogP contribution in [0.15, 0.2) is 24.3 Å². The first kappa shape index (κ1) is 14.4. The Morgan fingerprint density at radius 1 is 1.20 bits per heavy atom. The van der Waals surface area contributed by atoms with E-state index in [1.165, 1.54) is 12.1 Å². The van der Waals surface area contributed by atoms with Crippen molar-refractivity contribution in [1.82, 2.24) is 0 Å². The number of hydrogen-bond donors (Lipinski definition) is 2. The van der Waals surface area contributed by atoms with Crippen LogP contribution in [0.2, 0.25) is 0 Å². The molecule has 0 aromatic heterocycles. The first-order valence-electron chi connectivity index (χ1n) is 6.40. The number of halogens is 2. The number of nitrogens with one attached hydrogen (secondary N) is 1. The number of carboxylic acids is 1. The van der Waals surface area contributed by atoms with Crippen LogP contribution in [0.5, 0.6) is 0 Å². The van der Waals surface area contributed by atoms with Crippen LogP contribution in [0.1, 0.15) is 36.0 Å². The minimum atomic E-state index is -2.68. The van der Waals surface area contributed by atoms with E-state index in [2.05, 4.69) is 5.32 Å². The molecule has 0 unspecified atom stereocenters. The number of aromatic carboxylic acids is 1. The lowest BCUT2D eigenvalue weighted by molar-refractivity contribution is -0.124. The van der Waals surface area contributed by atoms with Gasteiger partial charge in [-0.2, -0.15) is 0 Å². The molecule has 20 heavy (non-hydrogen) atoms. The van der Waals surface area contributed by atoms with Crippen molar-refractivity contribution in [2.24, 2.45) is 5.92 Å².